The number of rotatable bonds is 4. The third-order valence-electron chi connectivity index (χ3n) is 3.72. The second-order valence-electron chi connectivity index (χ2n) is 5.11. The number of para-hydroxylation sites is 1. The Morgan fingerprint density at radius 2 is 1.79 bits per heavy atom. The minimum Gasteiger partial charge on any atom is -0.493 e. The molecular weight excluding hydrogens is 310 g/mol. The van der Waals surface area contributed by atoms with Crippen LogP contribution in [0, 0.1) is 0 Å². The number of hydrogen-bond donors (Lipinski definition) is 1. The third kappa shape index (κ3) is 2.58. The first-order valence-electron chi connectivity index (χ1n) is 7.14. The fourth-order valence-corrected chi connectivity index (χ4v) is 2.54. The number of carbonyl (C=O) groups is 1. The summed E-state index contributed by atoms with van der Waals surface area (Å²) in [7, 11) is 3.05. The predicted molar refractivity (Wildman–Crippen MR) is 89.5 cm³/mol. The summed E-state index contributed by atoms with van der Waals surface area (Å²) < 4.78 is 15.8. The Morgan fingerprint density at radius 1 is 1.04 bits per heavy atom. The van der Waals surface area contributed by atoms with Gasteiger partial charge in [-0.15, -0.1) is 0 Å². The molecule has 0 aliphatic carbocycles. The summed E-state index contributed by atoms with van der Waals surface area (Å²) in [5, 5.41) is 0.607. The lowest BCUT2D eigenvalue weighted by molar-refractivity contribution is 0.100. The molecule has 6 nitrogen and oxygen atoms in total. The molecule has 0 aliphatic heterocycles. The normalized spacial score (nSPS) is 10.6. The van der Waals surface area contributed by atoms with Gasteiger partial charge in [-0.25, -0.2) is 4.79 Å². The smallest absolute Gasteiger partial charge is 0.344 e. The van der Waals surface area contributed by atoms with Crippen molar-refractivity contribution in [3.05, 3.63) is 58.4 Å². The average molecular weight is 325 g/mol. The molecule has 0 aliphatic rings. The topological polar surface area (TPSA) is 91.8 Å². The van der Waals surface area contributed by atoms with Crippen LogP contribution in [0.4, 0.5) is 0 Å². The highest BCUT2D eigenvalue weighted by molar-refractivity contribution is 6.04. The molecule has 3 rings (SSSR count). The van der Waals surface area contributed by atoms with E-state index in [0.717, 1.165) is 0 Å². The van der Waals surface area contributed by atoms with E-state index in [9.17, 15) is 9.59 Å². The Hall–Kier alpha value is -3.28. The molecule has 1 aromatic heterocycles. The van der Waals surface area contributed by atoms with Crippen molar-refractivity contribution in [1.29, 1.82) is 0 Å². The Morgan fingerprint density at radius 3 is 2.46 bits per heavy atom. The molecule has 122 valence electrons. The van der Waals surface area contributed by atoms with E-state index in [4.69, 9.17) is 19.6 Å². The van der Waals surface area contributed by atoms with Gasteiger partial charge in [0.05, 0.1) is 25.3 Å². The highest BCUT2D eigenvalue weighted by Crippen LogP contribution is 2.32. The lowest BCUT2D eigenvalue weighted by atomic mass is 10.0. The summed E-state index contributed by atoms with van der Waals surface area (Å²) in [6.45, 7) is 0. The van der Waals surface area contributed by atoms with Gasteiger partial charge in [0.25, 0.3) is 5.91 Å². The van der Waals surface area contributed by atoms with Gasteiger partial charge in [-0.05, 0) is 29.8 Å². The minimum atomic E-state index is -0.650. The molecule has 1 amide bonds. The van der Waals surface area contributed by atoms with Gasteiger partial charge in [-0.3, -0.25) is 4.79 Å². The van der Waals surface area contributed by atoms with Gasteiger partial charge in [0.2, 0.25) is 0 Å². The molecule has 0 unspecified atom stereocenters. The molecule has 2 N–H and O–H groups in total. The zero-order valence-corrected chi connectivity index (χ0v) is 13.2. The number of carbonyl (C=O) groups excluding carboxylic acids is 1. The number of nitrogens with two attached hydrogens (primary N) is 1. The summed E-state index contributed by atoms with van der Waals surface area (Å²) in [4.78, 5) is 23.8. The molecule has 6 heteroatoms. The van der Waals surface area contributed by atoms with Crippen LogP contribution in [0.3, 0.4) is 0 Å². The van der Waals surface area contributed by atoms with Crippen LogP contribution >= 0.6 is 0 Å². The Kier molecular flexibility index (Phi) is 3.95. The standard InChI is InChI=1S/C18H15NO5/c1-22-14-7-6-10(9-15(14)23-2)13-8-11-4-3-5-12(17(19)20)16(11)24-18(13)21/h3-9H,1-2H3,(H2,19,20). The first-order valence-corrected chi connectivity index (χ1v) is 7.14. The second kappa shape index (κ2) is 6.08. The van der Waals surface area contributed by atoms with Gasteiger partial charge in [0.1, 0.15) is 0 Å². The number of amides is 1. The van der Waals surface area contributed by atoms with Crippen LogP contribution in [0.1, 0.15) is 10.4 Å². The number of primary amides is 1. The monoisotopic (exact) mass is 325 g/mol. The van der Waals surface area contributed by atoms with Crippen molar-refractivity contribution in [2.75, 3.05) is 14.2 Å². The minimum absolute atomic E-state index is 0.170. The van der Waals surface area contributed by atoms with Gasteiger partial charge in [0.15, 0.2) is 17.1 Å². The quantitative estimate of drug-likeness (QED) is 0.744. The maximum Gasteiger partial charge on any atom is 0.344 e. The number of ether oxygens (including phenoxy) is 2. The van der Waals surface area contributed by atoms with E-state index in [2.05, 4.69) is 0 Å². The van der Waals surface area contributed by atoms with Gasteiger partial charge >= 0.3 is 5.63 Å². The average Bonchev–Trinajstić information content (AvgIpc) is 2.59. The SMILES string of the molecule is COc1ccc(-c2cc3cccc(C(N)=O)c3oc2=O)cc1OC. The molecule has 2 aromatic carbocycles. The highest BCUT2D eigenvalue weighted by atomic mass is 16.5. The Labute approximate surface area is 137 Å². The largest absolute Gasteiger partial charge is 0.493 e. The van der Waals surface area contributed by atoms with Crippen molar-refractivity contribution in [1.82, 2.24) is 0 Å². The summed E-state index contributed by atoms with van der Waals surface area (Å²) >= 11 is 0. The van der Waals surface area contributed by atoms with E-state index in [1.807, 2.05) is 0 Å². The molecule has 0 atom stereocenters. The number of benzene rings is 2. The maximum atomic E-state index is 12.4. The van der Waals surface area contributed by atoms with E-state index in [1.165, 1.54) is 20.3 Å². The van der Waals surface area contributed by atoms with Crippen LogP contribution in [0.15, 0.2) is 51.7 Å². The van der Waals surface area contributed by atoms with Crippen molar-refractivity contribution in [2.24, 2.45) is 5.73 Å². The Bertz CT molecular complexity index is 990. The summed E-state index contributed by atoms with van der Waals surface area (Å²) in [6.07, 6.45) is 0. The lowest BCUT2D eigenvalue weighted by Crippen LogP contribution is -2.12. The molecular formula is C18H15NO5. The van der Waals surface area contributed by atoms with E-state index in [-0.39, 0.29) is 11.1 Å². The van der Waals surface area contributed by atoms with Crippen molar-refractivity contribution < 1.29 is 18.7 Å². The molecule has 0 saturated carbocycles. The summed E-state index contributed by atoms with van der Waals surface area (Å²) in [5.74, 6) is 0.408. The van der Waals surface area contributed by atoms with Crippen molar-refractivity contribution >= 4 is 16.9 Å². The molecule has 1 heterocycles. The van der Waals surface area contributed by atoms with E-state index < -0.39 is 11.5 Å². The highest BCUT2D eigenvalue weighted by Gasteiger charge is 2.14. The fraction of sp³-hybridized carbons (Fsp3) is 0.111. The molecule has 0 spiro atoms. The molecule has 0 saturated heterocycles. The van der Waals surface area contributed by atoms with E-state index >= 15 is 0 Å². The predicted octanol–water partition coefficient (Wildman–Crippen LogP) is 2.58. The van der Waals surface area contributed by atoms with Crippen LogP contribution in [-0.4, -0.2) is 20.1 Å². The molecule has 3 aromatic rings. The van der Waals surface area contributed by atoms with Crippen LogP contribution < -0.4 is 20.8 Å². The number of methoxy groups -OCH3 is 2. The Balaban J connectivity index is 2.23. The second-order valence-corrected chi connectivity index (χ2v) is 5.11. The lowest BCUT2D eigenvalue weighted by Gasteiger charge is -2.10. The van der Waals surface area contributed by atoms with Crippen molar-refractivity contribution in [3.8, 4) is 22.6 Å². The van der Waals surface area contributed by atoms with Gasteiger partial charge in [-0.2, -0.15) is 0 Å². The van der Waals surface area contributed by atoms with Gasteiger partial charge in [0, 0.05) is 5.39 Å². The molecule has 0 bridgehead atoms. The molecule has 0 fully saturated rings. The first kappa shape index (κ1) is 15.6. The van der Waals surface area contributed by atoms with Crippen LogP contribution in [0.25, 0.3) is 22.1 Å². The van der Waals surface area contributed by atoms with Crippen LogP contribution in [0.2, 0.25) is 0 Å². The van der Waals surface area contributed by atoms with E-state index in [0.29, 0.717) is 28.0 Å². The molecule has 0 radical (unpaired) electrons. The van der Waals surface area contributed by atoms with Crippen LogP contribution in [0.5, 0.6) is 11.5 Å². The van der Waals surface area contributed by atoms with Crippen molar-refractivity contribution in [2.45, 2.75) is 0 Å². The summed E-state index contributed by atoms with van der Waals surface area (Å²) in [6, 6.07) is 11.7. The molecule has 24 heavy (non-hydrogen) atoms. The zero-order chi connectivity index (χ0) is 17.3. The van der Waals surface area contributed by atoms with Crippen LogP contribution in [-0.2, 0) is 0 Å². The zero-order valence-electron chi connectivity index (χ0n) is 13.2. The van der Waals surface area contributed by atoms with E-state index in [1.54, 1.807) is 36.4 Å². The van der Waals surface area contributed by atoms with Crippen molar-refractivity contribution in [3.63, 3.8) is 0 Å². The fourth-order valence-electron chi connectivity index (χ4n) is 2.54. The summed E-state index contributed by atoms with van der Waals surface area (Å²) in [5.41, 5.74) is 6.07. The third-order valence-corrected chi connectivity index (χ3v) is 3.72. The van der Waals surface area contributed by atoms with Gasteiger partial charge < -0.3 is 19.6 Å². The first-order chi connectivity index (χ1) is 11.5. The maximum absolute atomic E-state index is 12.4. The van der Waals surface area contributed by atoms with Gasteiger partial charge in [-0.1, -0.05) is 18.2 Å². The number of fused-ring (bicyclic) bond motifs is 1. The number of hydrogen-bond acceptors (Lipinski definition) is 5.